The summed E-state index contributed by atoms with van der Waals surface area (Å²) in [5, 5.41) is 10.8. The second kappa shape index (κ2) is 3.56. The first-order chi connectivity index (χ1) is 6.44. The van der Waals surface area contributed by atoms with E-state index in [1.54, 1.807) is 0 Å². The van der Waals surface area contributed by atoms with Crippen molar-refractivity contribution in [1.29, 1.82) is 0 Å². The smallest absolute Gasteiger partial charge is 0.406 e. The number of alkyl halides is 3. The summed E-state index contributed by atoms with van der Waals surface area (Å²) in [6.45, 7) is -1.22. The minimum atomic E-state index is -4.37. The first-order valence-electron chi connectivity index (χ1n) is 3.50. The SMILES string of the molecule is NC(=NO)c1nccn1CC(F)(F)F. The minimum absolute atomic E-state index is 0.218. The Morgan fingerprint density at radius 1 is 1.64 bits per heavy atom. The number of aromatic nitrogens is 2. The normalized spacial score (nSPS) is 13.2. The summed E-state index contributed by atoms with van der Waals surface area (Å²) in [6, 6.07) is 0. The van der Waals surface area contributed by atoms with Crippen LogP contribution < -0.4 is 5.73 Å². The predicted molar refractivity (Wildman–Crippen MR) is 40.8 cm³/mol. The fraction of sp³-hybridized carbons (Fsp3) is 0.333. The Hall–Kier alpha value is -1.73. The fourth-order valence-electron chi connectivity index (χ4n) is 0.908. The first kappa shape index (κ1) is 10.4. The van der Waals surface area contributed by atoms with Crippen LogP contribution in [0.5, 0.6) is 0 Å². The van der Waals surface area contributed by atoms with E-state index in [1.807, 2.05) is 0 Å². The molecule has 0 radical (unpaired) electrons. The van der Waals surface area contributed by atoms with Crippen LogP contribution in [0.2, 0.25) is 0 Å². The van der Waals surface area contributed by atoms with Crippen LogP contribution in [0.15, 0.2) is 17.5 Å². The van der Waals surface area contributed by atoms with Crippen molar-refractivity contribution in [1.82, 2.24) is 9.55 Å². The Labute approximate surface area is 76.6 Å². The average Bonchev–Trinajstić information content (AvgIpc) is 2.48. The summed E-state index contributed by atoms with van der Waals surface area (Å²) in [5.41, 5.74) is 5.11. The first-order valence-corrected chi connectivity index (χ1v) is 3.50. The molecule has 0 aromatic carbocycles. The van der Waals surface area contributed by atoms with Crippen molar-refractivity contribution in [2.75, 3.05) is 0 Å². The molecule has 14 heavy (non-hydrogen) atoms. The zero-order valence-corrected chi connectivity index (χ0v) is 6.86. The van der Waals surface area contributed by atoms with Gasteiger partial charge in [-0.3, -0.25) is 0 Å². The van der Waals surface area contributed by atoms with Gasteiger partial charge in [0.15, 0.2) is 5.82 Å². The van der Waals surface area contributed by atoms with Gasteiger partial charge in [-0.1, -0.05) is 5.16 Å². The highest BCUT2D eigenvalue weighted by molar-refractivity contribution is 5.93. The molecule has 0 amide bonds. The van der Waals surface area contributed by atoms with E-state index in [-0.39, 0.29) is 5.82 Å². The molecule has 3 N–H and O–H groups in total. The molecule has 8 heteroatoms. The lowest BCUT2D eigenvalue weighted by atomic mass is 10.5. The molecule has 0 aliphatic carbocycles. The maximum Gasteiger partial charge on any atom is 0.406 e. The van der Waals surface area contributed by atoms with Gasteiger partial charge in [0.25, 0.3) is 0 Å². The van der Waals surface area contributed by atoms with Crippen LogP contribution in [0.25, 0.3) is 0 Å². The van der Waals surface area contributed by atoms with Crippen LogP contribution in [0.3, 0.4) is 0 Å². The number of hydrogen-bond donors (Lipinski definition) is 2. The van der Waals surface area contributed by atoms with Gasteiger partial charge in [0.05, 0.1) is 0 Å². The third-order valence-electron chi connectivity index (χ3n) is 1.40. The number of nitrogens with zero attached hydrogens (tertiary/aromatic N) is 3. The van der Waals surface area contributed by atoms with Gasteiger partial charge in [-0.2, -0.15) is 13.2 Å². The Morgan fingerprint density at radius 3 is 2.79 bits per heavy atom. The van der Waals surface area contributed by atoms with E-state index in [0.29, 0.717) is 0 Å². The lowest BCUT2D eigenvalue weighted by Crippen LogP contribution is -2.24. The van der Waals surface area contributed by atoms with Crippen molar-refractivity contribution in [2.45, 2.75) is 12.7 Å². The molecular weight excluding hydrogens is 201 g/mol. The zero-order valence-electron chi connectivity index (χ0n) is 6.86. The largest absolute Gasteiger partial charge is 0.409 e. The molecule has 0 fully saturated rings. The third kappa shape index (κ3) is 2.38. The molecule has 1 rings (SSSR count). The van der Waals surface area contributed by atoms with Gasteiger partial charge in [-0.05, 0) is 0 Å². The maximum atomic E-state index is 12.0. The molecule has 78 valence electrons. The van der Waals surface area contributed by atoms with Gasteiger partial charge in [-0.25, -0.2) is 4.98 Å². The van der Waals surface area contributed by atoms with E-state index >= 15 is 0 Å². The molecule has 5 nitrogen and oxygen atoms in total. The minimum Gasteiger partial charge on any atom is -0.409 e. The van der Waals surface area contributed by atoms with Gasteiger partial charge in [0.2, 0.25) is 5.84 Å². The summed E-state index contributed by atoms with van der Waals surface area (Å²) < 4.78 is 36.7. The van der Waals surface area contributed by atoms with Crippen LogP contribution in [0, 0.1) is 0 Å². The van der Waals surface area contributed by atoms with Crippen molar-refractivity contribution in [2.24, 2.45) is 10.9 Å². The molecule has 0 saturated heterocycles. The molecule has 0 spiro atoms. The molecule has 1 aromatic rings. The van der Waals surface area contributed by atoms with E-state index in [2.05, 4.69) is 10.1 Å². The summed E-state index contributed by atoms with van der Waals surface area (Å²) >= 11 is 0. The number of hydrogen-bond acceptors (Lipinski definition) is 3. The molecule has 1 heterocycles. The number of rotatable bonds is 2. The third-order valence-corrected chi connectivity index (χ3v) is 1.40. The molecule has 0 aliphatic heterocycles. The molecule has 0 bridgehead atoms. The second-order valence-electron chi connectivity index (χ2n) is 2.48. The zero-order chi connectivity index (χ0) is 10.8. The highest BCUT2D eigenvalue weighted by atomic mass is 19.4. The van der Waals surface area contributed by atoms with Crippen LogP contribution in [-0.4, -0.2) is 26.8 Å². The van der Waals surface area contributed by atoms with Gasteiger partial charge in [-0.15, -0.1) is 0 Å². The van der Waals surface area contributed by atoms with Crippen LogP contribution in [-0.2, 0) is 6.54 Å². The number of imidazole rings is 1. The summed E-state index contributed by atoms with van der Waals surface area (Å²) in [4.78, 5) is 3.52. The summed E-state index contributed by atoms with van der Waals surface area (Å²) in [6.07, 6.45) is -2.13. The van der Waals surface area contributed by atoms with Crippen molar-refractivity contribution in [3.63, 3.8) is 0 Å². The van der Waals surface area contributed by atoms with Gasteiger partial charge in [0.1, 0.15) is 6.54 Å². The number of amidine groups is 1. The molecular formula is C6H7F3N4O. The standard InChI is InChI=1S/C6H7F3N4O/c7-6(8,9)3-13-2-1-11-5(13)4(10)12-14/h1-2,14H,3H2,(H2,10,12). The van der Waals surface area contributed by atoms with Gasteiger partial charge < -0.3 is 15.5 Å². The summed E-state index contributed by atoms with van der Waals surface area (Å²) in [5.74, 6) is -0.677. The second-order valence-corrected chi connectivity index (χ2v) is 2.48. The molecule has 0 atom stereocenters. The van der Waals surface area contributed by atoms with E-state index in [1.165, 1.54) is 0 Å². The quantitative estimate of drug-likeness (QED) is 0.322. The van der Waals surface area contributed by atoms with Gasteiger partial charge in [0, 0.05) is 12.4 Å². The van der Waals surface area contributed by atoms with Gasteiger partial charge >= 0.3 is 6.18 Å². The molecule has 0 aliphatic rings. The number of oxime groups is 1. The average molecular weight is 208 g/mol. The monoisotopic (exact) mass is 208 g/mol. The van der Waals surface area contributed by atoms with E-state index in [0.717, 1.165) is 17.0 Å². The highest BCUT2D eigenvalue weighted by Crippen LogP contribution is 2.18. The van der Waals surface area contributed by atoms with Crippen molar-refractivity contribution >= 4 is 5.84 Å². The molecule has 1 aromatic heterocycles. The van der Waals surface area contributed by atoms with Crippen molar-refractivity contribution in [3.8, 4) is 0 Å². The molecule has 0 saturated carbocycles. The fourth-order valence-corrected chi connectivity index (χ4v) is 0.908. The lowest BCUT2D eigenvalue weighted by Gasteiger charge is -2.09. The Kier molecular flexibility index (Phi) is 2.63. The van der Waals surface area contributed by atoms with E-state index in [4.69, 9.17) is 10.9 Å². The lowest BCUT2D eigenvalue weighted by molar-refractivity contribution is -0.140. The number of nitrogens with two attached hydrogens (primary N) is 1. The van der Waals surface area contributed by atoms with Crippen LogP contribution in [0.1, 0.15) is 5.82 Å². The predicted octanol–water partition coefficient (Wildman–Crippen LogP) is 0.540. The van der Waals surface area contributed by atoms with Crippen LogP contribution in [0.4, 0.5) is 13.2 Å². The Morgan fingerprint density at radius 2 is 2.29 bits per heavy atom. The Bertz CT molecular complexity index is 343. The summed E-state index contributed by atoms with van der Waals surface area (Å²) in [7, 11) is 0. The Balaban J connectivity index is 2.94. The number of halogens is 3. The molecule has 0 unspecified atom stereocenters. The maximum absolute atomic E-state index is 12.0. The van der Waals surface area contributed by atoms with E-state index < -0.39 is 18.6 Å². The topological polar surface area (TPSA) is 76.4 Å². The van der Waals surface area contributed by atoms with E-state index in [9.17, 15) is 13.2 Å². The highest BCUT2D eigenvalue weighted by Gasteiger charge is 2.29. The van der Waals surface area contributed by atoms with Crippen molar-refractivity contribution in [3.05, 3.63) is 18.2 Å². The van der Waals surface area contributed by atoms with Crippen LogP contribution >= 0.6 is 0 Å². The van der Waals surface area contributed by atoms with Crippen molar-refractivity contribution < 1.29 is 18.4 Å².